The summed E-state index contributed by atoms with van der Waals surface area (Å²) in [5.74, 6) is 1.08. The zero-order valence-electron chi connectivity index (χ0n) is 19.8. The number of aromatic nitrogens is 3. The maximum absolute atomic E-state index is 12.7. The molecule has 3 aromatic rings. The summed E-state index contributed by atoms with van der Waals surface area (Å²) in [5, 5.41) is 12.7. The van der Waals surface area contributed by atoms with Crippen molar-refractivity contribution in [1.29, 1.82) is 0 Å². The van der Waals surface area contributed by atoms with E-state index in [1.807, 2.05) is 37.5 Å². The standard InChI is InChI=1S/C24H28N4O4S2/c1-5-28-19(12-32-17-11-14(2)9-10-15(17)3)26-27-24(28)33-13-20(29)25-22-21(23(30)31-4)16-7-6-8-18(16)34-22/h9-11H,5-8,12-13H2,1-4H3,(H,25,29). The molecule has 2 aromatic heterocycles. The number of carbonyl (C=O) groups is 2. The van der Waals surface area contributed by atoms with Crippen LogP contribution in [0.5, 0.6) is 5.75 Å². The monoisotopic (exact) mass is 500 g/mol. The van der Waals surface area contributed by atoms with Gasteiger partial charge in [-0.2, -0.15) is 0 Å². The highest BCUT2D eigenvalue weighted by molar-refractivity contribution is 7.99. The number of ether oxygens (including phenoxy) is 2. The summed E-state index contributed by atoms with van der Waals surface area (Å²) >= 11 is 2.78. The average molecular weight is 501 g/mol. The van der Waals surface area contributed by atoms with Crippen molar-refractivity contribution in [1.82, 2.24) is 14.8 Å². The van der Waals surface area contributed by atoms with Crippen LogP contribution in [0.15, 0.2) is 23.4 Å². The number of nitrogens with zero attached hydrogens (tertiary/aromatic N) is 3. The summed E-state index contributed by atoms with van der Waals surface area (Å²) in [6, 6.07) is 6.09. The van der Waals surface area contributed by atoms with E-state index in [9.17, 15) is 9.59 Å². The van der Waals surface area contributed by atoms with Crippen LogP contribution in [0.3, 0.4) is 0 Å². The van der Waals surface area contributed by atoms with E-state index in [2.05, 4.69) is 21.6 Å². The van der Waals surface area contributed by atoms with Crippen LogP contribution in [0, 0.1) is 13.8 Å². The van der Waals surface area contributed by atoms with Gasteiger partial charge in [0.05, 0.1) is 18.4 Å². The number of esters is 1. The number of thioether (sulfide) groups is 1. The van der Waals surface area contributed by atoms with Gasteiger partial charge in [0, 0.05) is 11.4 Å². The van der Waals surface area contributed by atoms with Gasteiger partial charge in [-0.25, -0.2) is 4.79 Å². The normalized spacial score (nSPS) is 12.5. The summed E-state index contributed by atoms with van der Waals surface area (Å²) in [5.41, 5.74) is 3.71. The number of methoxy groups -OCH3 is 1. The summed E-state index contributed by atoms with van der Waals surface area (Å²) in [7, 11) is 1.36. The number of carbonyl (C=O) groups excluding carboxylic acids is 2. The molecule has 0 unspecified atom stereocenters. The van der Waals surface area contributed by atoms with E-state index >= 15 is 0 Å². The number of rotatable bonds is 9. The second-order valence-electron chi connectivity index (χ2n) is 8.09. The molecule has 8 nitrogen and oxygen atoms in total. The minimum atomic E-state index is -0.401. The van der Waals surface area contributed by atoms with Crippen LogP contribution >= 0.6 is 23.1 Å². The third-order valence-electron chi connectivity index (χ3n) is 5.71. The Hall–Kier alpha value is -2.85. The van der Waals surface area contributed by atoms with Crippen molar-refractivity contribution in [3.05, 3.63) is 51.2 Å². The van der Waals surface area contributed by atoms with Crippen LogP contribution in [0.25, 0.3) is 0 Å². The van der Waals surface area contributed by atoms with E-state index in [1.54, 1.807) is 0 Å². The number of amides is 1. The molecule has 1 aromatic carbocycles. The molecule has 1 aliphatic rings. The van der Waals surface area contributed by atoms with Gasteiger partial charge >= 0.3 is 5.97 Å². The molecule has 0 fully saturated rings. The minimum Gasteiger partial charge on any atom is -0.485 e. The molecule has 4 rings (SSSR count). The van der Waals surface area contributed by atoms with Crippen molar-refractivity contribution in [3.8, 4) is 5.75 Å². The molecule has 0 saturated heterocycles. The number of thiophene rings is 1. The van der Waals surface area contributed by atoms with Crippen molar-refractivity contribution >= 4 is 40.0 Å². The SMILES string of the molecule is CCn1c(COc2cc(C)ccc2C)nnc1SCC(=O)Nc1sc2c(c1C(=O)OC)CCC2. The minimum absolute atomic E-state index is 0.152. The van der Waals surface area contributed by atoms with E-state index in [-0.39, 0.29) is 11.7 Å². The van der Waals surface area contributed by atoms with Crippen molar-refractivity contribution in [3.63, 3.8) is 0 Å². The Morgan fingerprint density at radius 3 is 2.82 bits per heavy atom. The molecule has 2 heterocycles. The van der Waals surface area contributed by atoms with Gasteiger partial charge in [-0.1, -0.05) is 23.9 Å². The van der Waals surface area contributed by atoms with Crippen molar-refractivity contribution in [2.75, 3.05) is 18.2 Å². The Labute approximate surface area is 207 Å². The number of fused-ring (bicyclic) bond motifs is 1. The highest BCUT2D eigenvalue weighted by atomic mass is 32.2. The molecule has 0 atom stereocenters. The number of hydrogen-bond donors (Lipinski definition) is 1. The molecule has 0 aliphatic heterocycles. The lowest BCUT2D eigenvalue weighted by atomic mass is 10.1. The van der Waals surface area contributed by atoms with E-state index in [4.69, 9.17) is 9.47 Å². The van der Waals surface area contributed by atoms with E-state index in [0.717, 1.165) is 46.6 Å². The highest BCUT2D eigenvalue weighted by Crippen LogP contribution is 2.39. The van der Waals surface area contributed by atoms with Gasteiger partial charge < -0.3 is 19.4 Å². The molecular weight excluding hydrogens is 472 g/mol. The maximum Gasteiger partial charge on any atom is 0.341 e. The number of hydrogen-bond acceptors (Lipinski definition) is 8. The lowest BCUT2D eigenvalue weighted by Crippen LogP contribution is -2.17. The Bertz CT molecular complexity index is 1220. The lowest BCUT2D eigenvalue weighted by molar-refractivity contribution is -0.113. The molecule has 10 heteroatoms. The number of aryl methyl sites for hydroxylation is 3. The fourth-order valence-electron chi connectivity index (χ4n) is 3.96. The van der Waals surface area contributed by atoms with Crippen molar-refractivity contribution in [2.45, 2.75) is 58.3 Å². The zero-order chi connectivity index (χ0) is 24.2. The largest absolute Gasteiger partial charge is 0.485 e. The highest BCUT2D eigenvalue weighted by Gasteiger charge is 2.28. The van der Waals surface area contributed by atoms with Crippen LogP contribution in [0.2, 0.25) is 0 Å². The average Bonchev–Trinajstić information content (AvgIpc) is 3.52. The molecule has 34 heavy (non-hydrogen) atoms. The van der Waals surface area contributed by atoms with Gasteiger partial charge in [-0.15, -0.1) is 21.5 Å². The first-order valence-electron chi connectivity index (χ1n) is 11.2. The summed E-state index contributed by atoms with van der Waals surface area (Å²) in [6.45, 7) is 6.99. The molecule has 1 N–H and O–H groups in total. The summed E-state index contributed by atoms with van der Waals surface area (Å²) in [6.07, 6.45) is 2.80. The first-order chi connectivity index (χ1) is 16.4. The molecule has 1 aliphatic carbocycles. The first kappa shape index (κ1) is 24.3. The van der Waals surface area contributed by atoms with Gasteiger partial charge in [-0.3, -0.25) is 4.79 Å². The smallest absolute Gasteiger partial charge is 0.341 e. The molecule has 0 bridgehead atoms. The predicted molar refractivity (Wildman–Crippen MR) is 133 cm³/mol. The Morgan fingerprint density at radius 2 is 2.06 bits per heavy atom. The van der Waals surface area contributed by atoms with Gasteiger partial charge in [-0.05, 0) is 62.8 Å². The second-order valence-corrected chi connectivity index (χ2v) is 10.1. The predicted octanol–water partition coefficient (Wildman–Crippen LogP) is 4.56. The fourth-order valence-corrected chi connectivity index (χ4v) is 6.07. The molecule has 180 valence electrons. The van der Waals surface area contributed by atoms with Gasteiger partial charge in [0.25, 0.3) is 0 Å². The van der Waals surface area contributed by atoms with Gasteiger partial charge in [0.2, 0.25) is 5.91 Å². The van der Waals surface area contributed by atoms with E-state index in [1.165, 1.54) is 30.2 Å². The Balaban J connectivity index is 1.40. The Kier molecular flexibility index (Phi) is 7.57. The quantitative estimate of drug-likeness (QED) is 0.340. The third-order valence-corrected chi connectivity index (χ3v) is 7.88. The van der Waals surface area contributed by atoms with Crippen molar-refractivity contribution in [2.24, 2.45) is 0 Å². The first-order valence-corrected chi connectivity index (χ1v) is 13.0. The van der Waals surface area contributed by atoms with Crippen molar-refractivity contribution < 1.29 is 19.1 Å². The molecular formula is C24H28N4O4S2. The second kappa shape index (κ2) is 10.6. The zero-order valence-corrected chi connectivity index (χ0v) is 21.4. The molecule has 0 saturated carbocycles. The van der Waals surface area contributed by atoms with E-state index < -0.39 is 5.97 Å². The topological polar surface area (TPSA) is 95.3 Å². The number of nitrogens with one attached hydrogen (secondary N) is 1. The van der Waals surface area contributed by atoms with Crippen LogP contribution in [-0.2, 0) is 35.5 Å². The van der Waals surface area contributed by atoms with Crippen LogP contribution in [-0.4, -0.2) is 39.5 Å². The summed E-state index contributed by atoms with van der Waals surface area (Å²) < 4.78 is 12.9. The number of anilines is 1. The fraction of sp³-hybridized carbons (Fsp3) is 0.417. The van der Waals surface area contributed by atoms with E-state index in [0.29, 0.717) is 34.7 Å². The lowest BCUT2D eigenvalue weighted by Gasteiger charge is -2.11. The van der Waals surface area contributed by atoms with Crippen LogP contribution in [0.1, 0.15) is 51.1 Å². The van der Waals surface area contributed by atoms with Crippen LogP contribution in [0.4, 0.5) is 5.00 Å². The third kappa shape index (κ3) is 5.12. The molecule has 1 amide bonds. The van der Waals surface area contributed by atoms with Gasteiger partial charge in [0.15, 0.2) is 11.0 Å². The Morgan fingerprint density at radius 1 is 1.24 bits per heavy atom. The van der Waals surface area contributed by atoms with Crippen LogP contribution < -0.4 is 10.1 Å². The maximum atomic E-state index is 12.7. The molecule has 0 spiro atoms. The van der Waals surface area contributed by atoms with Gasteiger partial charge in [0.1, 0.15) is 17.4 Å². The molecule has 0 radical (unpaired) electrons. The summed E-state index contributed by atoms with van der Waals surface area (Å²) in [4.78, 5) is 26.2. The number of benzene rings is 1.